The number of nitrogens with one attached hydrogen (secondary N) is 2. The summed E-state index contributed by atoms with van der Waals surface area (Å²) in [4.78, 5) is 4.28. The van der Waals surface area contributed by atoms with Gasteiger partial charge in [-0.05, 0) is 30.7 Å². The lowest BCUT2D eigenvalue weighted by Gasteiger charge is -2.14. The molecule has 0 atom stereocenters. The van der Waals surface area contributed by atoms with E-state index < -0.39 is 0 Å². The molecule has 6 heteroatoms. The van der Waals surface area contributed by atoms with E-state index >= 15 is 0 Å². The second-order valence-electron chi connectivity index (χ2n) is 5.81. The van der Waals surface area contributed by atoms with Gasteiger partial charge in [0.1, 0.15) is 18.1 Å². The highest BCUT2D eigenvalue weighted by Gasteiger charge is 2.04. The Bertz CT molecular complexity index is 702. The van der Waals surface area contributed by atoms with E-state index in [-0.39, 0.29) is 0 Å². The number of hydrogen-bond acceptors (Lipinski definition) is 4. The number of nitrogens with zero attached hydrogens (tertiary/aromatic N) is 1. The van der Waals surface area contributed by atoms with E-state index in [4.69, 9.17) is 14.2 Å². The lowest BCUT2D eigenvalue weighted by Crippen LogP contribution is -2.36. The predicted octanol–water partition coefficient (Wildman–Crippen LogP) is 2.98. The Hall–Kier alpha value is -2.73. The van der Waals surface area contributed by atoms with Gasteiger partial charge in [-0.15, -0.1) is 0 Å². The van der Waals surface area contributed by atoms with Crippen molar-refractivity contribution in [3.8, 4) is 11.5 Å². The normalized spacial score (nSPS) is 11.1. The molecule has 2 aromatic rings. The van der Waals surface area contributed by atoms with Gasteiger partial charge >= 0.3 is 0 Å². The molecule has 2 rings (SSSR count). The molecule has 0 aliphatic carbocycles. The lowest BCUT2D eigenvalue weighted by atomic mass is 10.2. The van der Waals surface area contributed by atoms with E-state index in [1.54, 1.807) is 14.2 Å². The van der Waals surface area contributed by atoms with Crippen LogP contribution in [0.2, 0.25) is 0 Å². The second-order valence-corrected chi connectivity index (χ2v) is 5.81. The number of para-hydroxylation sites is 1. The summed E-state index contributed by atoms with van der Waals surface area (Å²) in [6, 6.07) is 16.0. The van der Waals surface area contributed by atoms with Crippen molar-refractivity contribution in [2.75, 3.05) is 34.0 Å². The number of methoxy groups -OCH3 is 1. The summed E-state index contributed by atoms with van der Waals surface area (Å²) in [7, 11) is 3.42. The molecule has 0 radical (unpaired) electrons. The van der Waals surface area contributed by atoms with Crippen LogP contribution >= 0.6 is 0 Å². The van der Waals surface area contributed by atoms with Crippen molar-refractivity contribution in [2.24, 2.45) is 4.99 Å². The molecule has 0 fully saturated rings. The van der Waals surface area contributed by atoms with Crippen LogP contribution in [0.5, 0.6) is 11.5 Å². The average molecular weight is 371 g/mol. The first kappa shape index (κ1) is 20.6. The van der Waals surface area contributed by atoms with Crippen LogP contribution in [-0.4, -0.2) is 39.9 Å². The molecule has 6 nitrogen and oxygen atoms in total. The minimum atomic E-state index is 0.549. The number of guanidine groups is 1. The molecule has 146 valence electrons. The molecular weight excluding hydrogens is 342 g/mol. The van der Waals surface area contributed by atoms with E-state index in [1.807, 2.05) is 55.5 Å². The molecule has 0 unspecified atom stereocenters. The topological polar surface area (TPSA) is 64.1 Å². The van der Waals surface area contributed by atoms with E-state index in [2.05, 4.69) is 15.6 Å². The SMILES string of the molecule is CCOc1ccccc1CNC(=NC)NCc1ccc(OCCOC)cc1. The zero-order valence-corrected chi connectivity index (χ0v) is 16.3. The van der Waals surface area contributed by atoms with Gasteiger partial charge in [-0.2, -0.15) is 0 Å². The molecule has 0 spiro atoms. The first-order chi connectivity index (χ1) is 13.3. The Morgan fingerprint density at radius 1 is 0.926 bits per heavy atom. The Balaban J connectivity index is 1.82. The van der Waals surface area contributed by atoms with Crippen LogP contribution in [0.15, 0.2) is 53.5 Å². The highest BCUT2D eigenvalue weighted by atomic mass is 16.5. The number of aliphatic imine (C=N–C) groups is 1. The first-order valence-corrected chi connectivity index (χ1v) is 9.12. The van der Waals surface area contributed by atoms with Gasteiger partial charge in [0, 0.05) is 32.8 Å². The van der Waals surface area contributed by atoms with Crippen molar-refractivity contribution in [2.45, 2.75) is 20.0 Å². The van der Waals surface area contributed by atoms with Crippen LogP contribution in [0.4, 0.5) is 0 Å². The fourth-order valence-corrected chi connectivity index (χ4v) is 2.48. The zero-order valence-electron chi connectivity index (χ0n) is 16.3. The van der Waals surface area contributed by atoms with Crippen LogP contribution in [0.25, 0.3) is 0 Å². The van der Waals surface area contributed by atoms with Crippen LogP contribution in [0.1, 0.15) is 18.1 Å². The van der Waals surface area contributed by atoms with E-state index in [0.717, 1.165) is 28.6 Å². The molecule has 0 aliphatic heterocycles. The second kappa shape index (κ2) is 11.8. The summed E-state index contributed by atoms with van der Waals surface area (Å²) in [5.41, 5.74) is 2.24. The largest absolute Gasteiger partial charge is 0.494 e. The highest BCUT2D eigenvalue weighted by molar-refractivity contribution is 5.79. The van der Waals surface area contributed by atoms with Crippen LogP contribution in [0, 0.1) is 0 Å². The van der Waals surface area contributed by atoms with Gasteiger partial charge in [0.15, 0.2) is 5.96 Å². The molecule has 0 aliphatic rings. The molecule has 27 heavy (non-hydrogen) atoms. The summed E-state index contributed by atoms with van der Waals surface area (Å²) >= 11 is 0. The van der Waals surface area contributed by atoms with E-state index in [9.17, 15) is 0 Å². The van der Waals surface area contributed by atoms with Gasteiger partial charge in [0.05, 0.1) is 13.2 Å². The lowest BCUT2D eigenvalue weighted by molar-refractivity contribution is 0.146. The fraction of sp³-hybridized carbons (Fsp3) is 0.381. The molecule has 0 saturated heterocycles. The first-order valence-electron chi connectivity index (χ1n) is 9.12. The fourth-order valence-electron chi connectivity index (χ4n) is 2.48. The van der Waals surface area contributed by atoms with E-state index in [0.29, 0.717) is 32.9 Å². The van der Waals surface area contributed by atoms with Crippen molar-refractivity contribution < 1.29 is 14.2 Å². The summed E-state index contributed by atoms with van der Waals surface area (Å²) in [6.45, 7) is 5.08. The zero-order chi connectivity index (χ0) is 19.3. The number of ether oxygens (including phenoxy) is 3. The maximum atomic E-state index is 5.66. The molecule has 2 N–H and O–H groups in total. The van der Waals surface area contributed by atoms with Crippen molar-refractivity contribution in [3.63, 3.8) is 0 Å². The summed E-state index contributed by atoms with van der Waals surface area (Å²) in [5.74, 6) is 2.47. The third-order valence-electron chi connectivity index (χ3n) is 3.88. The molecule has 0 amide bonds. The number of rotatable bonds is 10. The Morgan fingerprint density at radius 2 is 1.67 bits per heavy atom. The van der Waals surface area contributed by atoms with Gasteiger partial charge in [-0.1, -0.05) is 30.3 Å². The van der Waals surface area contributed by atoms with Crippen LogP contribution < -0.4 is 20.1 Å². The smallest absolute Gasteiger partial charge is 0.191 e. The van der Waals surface area contributed by atoms with Gasteiger partial charge in [0.25, 0.3) is 0 Å². The summed E-state index contributed by atoms with van der Waals surface area (Å²) < 4.78 is 16.2. The van der Waals surface area contributed by atoms with Gasteiger partial charge in [0.2, 0.25) is 0 Å². The molecule has 0 saturated carbocycles. The highest BCUT2D eigenvalue weighted by Crippen LogP contribution is 2.17. The standard InChI is InChI=1S/C21H29N3O3/c1-4-26-20-8-6-5-7-18(20)16-24-21(22-2)23-15-17-9-11-19(12-10-17)27-14-13-25-3/h5-12H,4,13-16H2,1-3H3,(H2,22,23,24). The third-order valence-corrected chi connectivity index (χ3v) is 3.88. The molecule has 0 aromatic heterocycles. The van der Waals surface area contributed by atoms with Crippen molar-refractivity contribution >= 4 is 5.96 Å². The maximum absolute atomic E-state index is 5.66. The van der Waals surface area contributed by atoms with Crippen molar-refractivity contribution in [3.05, 3.63) is 59.7 Å². The molecular formula is C21H29N3O3. The predicted molar refractivity (Wildman–Crippen MR) is 108 cm³/mol. The van der Waals surface area contributed by atoms with Gasteiger partial charge < -0.3 is 24.8 Å². The number of hydrogen-bond donors (Lipinski definition) is 2. The Labute approximate surface area is 161 Å². The van der Waals surface area contributed by atoms with Gasteiger partial charge in [-0.25, -0.2) is 0 Å². The Kier molecular flexibility index (Phi) is 9.00. The Morgan fingerprint density at radius 3 is 2.37 bits per heavy atom. The molecule has 2 aromatic carbocycles. The summed E-state index contributed by atoms with van der Waals surface area (Å²) in [5, 5.41) is 6.64. The van der Waals surface area contributed by atoms with Crippen LogP contribution in [0.3, 0.4) is 0 Å². The number of benzene rings is 2. The van der Waals surface area contributed by atoms with E-state index in [1.165, 1.54) is 0 Å². The third kappa shape index (κ3) is 7.19. The average Bonchev–Trinajstić information content (AvgIpc) is 2.70. The van der Waals surface area contributed by atoms with Crippen molar-refractivity contribution in [1.29, 1.82) is 0 Å². The van der Waals surface area contributed by atoms with Crippen LogP contribution in [-0.2, 0) is 17.8 Å². The monoisotopic (exact) mass is 371 g/mol. The van der Waals surface area contributed by atoms with Gasteiger partial charge in [-0.3, -0.25) is 4.99 Å². The summed E-state index contributed by atoms with van der Waals surface area (Å²) in [6.07, 6.45) is 0. The quantitative estimate of drug-likeness (QED) is 0.382. The van der Waals surface area contributed by atoms with Crippen molar-refractivity contribution in [1.82, 2.24) is 10.6 Å². The minimum Gasteiger partial charge on any atom is -0.494 e. The maximum Gasteiger partial charge on any atom is 0.191 e. The molecule has 0 heterocycles. The molecule has 0 bridgehead atoms. The minimum absolute atomic E-state index is 0.549.